The zero-order valence-corrected chi connectivity index (χ0v) is 10.2. The molecule has 1 rings (SSSR count). The first-order valence-corrected chi connectivity index (χ1v) is 5.67. The van der Waals surface area contributed by atoms with Gasteiger partial charge < -0.3 is 15.0 Å². The van der Waals surface area contributed by atoms with Crippen LogP contribution in [0.2, 0.25) is 0 Å². The first kappa shape index (κ1) is 13.0. The number of nitrogens with one attached hydrogen (secondary N) is 1. The van der Waals surface area contributed by atoms with Crippen LogP contribution in [-0.2, 0) is 14.3 Å². The van der Waals surface area contributed by atoms with Crippen molar-refractivity contribution >= 4 is 11.9 Å². The van der Waals surface area contributed by atoms with Crippen molar-refractivity contribution in [2.24, 2.45) is 0 Å². The van der Waals surface area contributed by atoms with Crippen molar-refractivity contribution in [3.63, 3.8) is 0 Å². The maximum absolute atomic E-state index is 12.1. The topological polar surface area (TPSA) is 58.6 Å². The molecule has 0 saturated carbocycles. The fourth-order valence-electron chi connectivity index (χ4n) is 1.81. The van der Waals surface area contributed by atoms with Gasteiger partial charge in [-0.3, -0.25) is 9.59 Å². The SMILES string of the molecule is COC(=O)CN(C(=O)[C@H]1CCCN1)C(C)C. The van der Waals surface area contributed by atoms with E-state index in [9.17, 15) is 9.59 Å². The third-order valence-corrected chi connectivity index (χ3v) is 2.79. The maximum atomic E-state index is 12.1. The van der Waals surface area contributed by atoms with Crippen LogP contribution < -0.4 is 5.32 Å². The normalized spacial score (nSPS) is 19.9. The zero-order valence-electron chi connectivity index (χ0n) is 10.2. The van der Waals surface area contributed by atoms with Crippen molar-refractivity contribution < 1.29 is 14.3 Å². The molecule has 1 heterocycles. The van der Waals surface area contributed by atoms with Gasteiger partial charge in [0.15, 0.2) is 0 Å². The summed E-state index contributed by atoms with van der Waals surface area (Å²) in [4.78, 5) is 24.9. The molecule has 16 heavy (non-hydrogen) atoms. The van der Waals surface area contributed by atoms with Gasteiger partial charge in [0.25, 0.3) is 0 Å². The number of carbonyl (C=O) groups excluding carboxylic acids is 2. The van der Waals surface area contributed by atoms with Crippen LogP contribution >= 0.6 is 0 Å². The number of esters is 1. The Morgan fingerprint density at radius 2 is 2.19 bits per heavy atom. The van der Waals surface area contributed by atoms with Gasteiger partial charge in [0, 0.05) is 6.04 Å². The second kappa shape index (κ2) is 5.84. The monoisotopic (exact) mass is 228 g/mol. The van der Waals surface area contributed by atoms with Crippen LogP contribution in [0.4, 0.5) is 0 Å². The number of amides is 1. The van der Waals surface area contributed by atoms with Crippen LogP contribution in [0.5, 0.6) is 0 Å². The molecule has 1 saturated heterocycles. The number of carbonyl (C=O) groups is 2. The minimum absolute atomic E-state index is 0.00194. The van der Waals surface area contributed by atoms with E-state index in [0.717, 1.165) is 19.4 Å². The van der Waals surface area contributed by atoms with Crippen molar-refractivity contribution in [1.82, 2.24) is 10.2 Å². The van der Waals surface area contributed by atoms with Crippen LogP contribution in [0.3, 0.4) is 0 Å². The van der Waals surface area contributed by atoms with Crippen LogP contribution in [0.15, 0.2) is 0 Å². The molecule has 0 radical (unpaired) electrons. The molecule has 5 heteroatoms. The molecule has 92 valence electrons. The van der Waals surface area contributed by atoms with Gasteiger partial charge in [0.2, 0.25) is 5.91 Å². The predicted octanol–water partition coefficient (Wildman–Crippen LogP) is 0.148. The molecule has 0 aromatic heterocycles. The summed E-state index contributed by atoms with van der Waals surface area (Å²) in [6, 6.07) is -0.124. The van der Waals surface area contributed by atoms with Crippen molar-refractivity contribution in [2.75, 3.05) is 20.2 Å². The second-order valence-corrected chi connectivity index (χ2v) is 4.28. The third-order valence-electron chi connectivity index (χ3n) is 2.79. The summed E-state index contributed by atoms with van der Waals surface area (Å²) in [5.74, 6) is -0.377. The Bertz CT molecular complexity index is 260. The summed E-state index contributed by atoms with van der Waals surface area (Å²) < 4.78 is 4.59. The fraction of sp³-hybridized carbons (Fsp3) is 0.818. The Balaban J connectivity index is 2.61. The number of hydrogen-bond donors (Lipinski definition) is 1. The standard InChI is InChI=1S/C11H20N2O3/c1-8(2)13(7-10(14)16-3)11(15)9-5-4-6-12-9/h8-9,12H,4-7H2,1-3H3/t9-/m1/s1. The van der Waals surface area contributed by atoms with Crippen LogP contribution in [0.25, 0.3) is 0 Å². The highest BCUT2D eigenvalue weighted by molar-refractivity contribution is 5.86. The van der Waals surface area contributed by atoms with Gasteiger partial charge in [-0.05, 0) is 33.2 Å². The molecule has 0 spiro atoms. The van der Waals surface area contributed by atoms with Crippen molar-refractivity contribution in [1.29, 1.82) is 0 Å². The molecular weight excluding hydrogens is 208 g/mol. The van der Waals surface area contributed by atoms with Crippen molar-refractivity contribution in [2.45, 2.75) is 38.8 Å². The van der Waals surface area contributed by atoms with Gasteiger partial charge in [0.05, 0.1) is 13.2 Å². The summed E-state index contributed by atoms with van der Waals surface area (Å²) in [5.41, 5.74) is 0. The summed E-state index contributed by atoms with van der Waals surface area (Å²) >= 11 is 0. The predicted molar refractivity (Wildman–Crippen MR) is 59.9 cm³/mol. The van der Waals surface area contributed by atoms with E-state index in [1.165, 1.54) is 7.11 Å². The zero-order chi connectivity index (χ0) is 12.1. The quantitative estimate of drug-likeness (QED) is 0.696. The Morgan fingerprint density at radius 3 is 2.62 bits per heavy atom. The largest absolute Gasteiger partial charge is 0.468 e. The van der Waals surface area contributed by atoms with E-state index in [-0.39, 0.29) is 30.5 Å². The summed E-state index contributed by atoms with van der Waals surface area (Å²) in [6.45, 7) is 4.71. The van der Waals surface area contributed by atoms with Gasteiger partial charge in [-0.1, -0.05) is 0 Å². The van der Waals surface area contributed by atoms with E-state index in [0.29, 0.717) is 0 Å². The molecule has 1 fully saturated rings. The Morgan fingerprint density at radius 1 is 1.50 bits per heavy atom. The van der Waals surface area contributed by atoms with Gasteiger partial charge in [-0.15, -0.1) is 0 Å². The van der Waals surface area contributed by atoms with Crippen LogP contribution in [-0.4, -0.2) is 49.1 Å². The van der Waals surface area contributed by atoms with E-state index in [1.807, 2.05) is 13.8 Å². The molecule has 1 aliphatic heterocycles. The van der Waals surface area contributed by atoms with Crippen LogP contribution in [0, 0.1) is 0 Å². The highest BCUT2D eigenvalue weighted by Crippen LogP contribution is 2.11. The molecule has 1 aliphatic rings. The molecule has 0 bridgehead atoms. The Hall–Kier alpha value is -1.10. The van der Waals surface area contributed by atoms with E-state index < -0.39 is 0 Å². The number of nitrogens with zero attached hydrogens (tertiary/aromatic N) is 1. The lowest BCUT2D eigenvalue weighted by Gasteiger charge is -2.28. The average Bonchev–Trinajstić information content (AvgIpc) is 2.77. The highest BCUT2D eigenvalue weighted by Gasteiger charge is 2.29. The third kappa shape index (κ3) is 3.20. The number of hydrogen-bond acceptors (Lipinski definition) is 4. The van der Waals surface area contributed by atoms with E-state index in [4.69, 9.17) is 0 Å². The Kier molecular flexibility index (Phi) is 4.73. The lowest BCUT2D eigenvalue weighted by Crippen LogP contribution is -2.48. The molecule has 0 aromatic carbocycles. The fourth-order valence-corrected chi connectivity index (χ4v) is 1.81. The smallest absolute Gasteiger partial charge is 0.325 e. The maximum Gasteiger partial charge on any atom is 0.325 e. The van der Waals surface area contributed by atoms with Gasteiger partial charge in [0.1, 0.15) is 6.54 Å². The second-order valence-electron chi connectivity index (χ2n) is 4.28. The summed E-state index contributed by atoms with van der Waals surface area (Å²) in [5, 5.41) is 3.14. The molecule has 0 aliphatic carbocycles. The van der Waals surface area contributed by atoms with Crippen LogP contribution in [0.1, 0.15) is 26.7 Å². The molecular formula is C11H20N2O3. The van der Waals surface area contributed by atoms with Crippen molar-refractivity contribution in [3.05, 3.63) is 0 Å². The van der Waals surface area contributed by atoms with E-state index in [2.05, 4.69) is 10.1 Å². The lowest BCUT2D eigenvalue weighted by atomic mass is 10.1. The van der Waals surface area contributed by atoms with Gasteiger partial charge in [-0.25, -0.2) is 0 Å². The van der Waals surface area contributed by atoms with Gasteiger partial charge in [-0.2, -0.15) is 0 Å². The van der Waals surface area contributed by atoms with E-state index in [1.54, 1.807) is 4.90 Å². The number of ether oxygens (including phenoxy) is 1. The summed E-state index contributed by atoms with van der Waals surface area (Å²) in [6.07, 6.45) is 1.86. The highest BCUT2D eigenvalue weighted by atomic mass is 16.5. The number of methoxy groups -OCH3 is 1. The average molecular weight is 228 g/mol. The molecule has 1 N–H and O–H groups in total. The van der Waals surface area contributed by atoms with Gasteiger partial charge >= 0.3 is 5.97 Å². The minimum atomic E-state index is -0.375. The molecule has 0 aromatic rings. The van der Waals surface area contributed by atoms with Crippen molar-refractivity contribution in [3.8, 4) is 0 Å². The molecule has 1 atom stereocenters. The lowest BCUT2D eigenvalue weighted by molar-refractivity contribution is -0.148. The minimum Gasteiger partial charge on any atom is -0.468 e. The summed E-state index contributed by atoms with van der Waals surface area (Å²) in [7, 11) is 1.33. The molecule has 5 nitrogen and oxygen atoms in total. The first-order valence-electron chi connectivity index (χ1n) is 5.67. The first-order chi connectivity index (χ1) is 7.56. The Labute approximate surface area is 96.1 Å². The molecule has 0 unspecified atom stereocenters. The number of rotatable bonds is 4. The molecule has 1 amide bonds. The van der Waals surface area contributed by atoms with E-state index >= 15 is 0 Å².